The highest BCUT2D eigenvalue weighted by Crippen LogP contribution is 2.36. The van der Waals surface area contributed by atoms with Gasteiger partial charge in [0.15, 0.2) is 0 Å². The Morgan fingerprint density at radius 2 is 2.00 bits per heavy atom. The van der Waals surface area contributed by atoms with Gasteiger partial charge in [-0.2, -0.15) is 0 Å². The molecular formula is C18H18Cl2N2O3S. The lowest BCUT2D eigenvalue weighted by Gasteiger charge is -2.23. The number of fused-ring (bicyclic) bond motifs is 1. The molecule has 1 heterocycles. The molecule has 3 rings (SSSR count). The third kappa shape index (κ3) is 3.41. The second-order valence-corrected chi connectivity index (χ2v) is 9.07. The Morgan fingerprint density at radius 1 is 1.27 bits per heavy atom. The predicted octanol–water partition coefficient (Wildman–Crippen LogP) is 4.35. The summed E-state index contributed by atoms with van der Waals surface area (Å²) in [6, 6.07) is 9.85. The number of carbonyl (C=O) groups is 1. The van der Waals surface area contributed by atoms with Crippen molar-refractivity contribution < 1.29 is 13.2 Å². The molecule has 0 saturated carbocycles. The summed E-state index contributed by atoms with van der Waals surface area (Å²) in [5.74, 6) is -0.298. The van der Waals surface area contributed by atoms with Gasteiger partial charge < -0.3 is 5.32 Å². The van der Waals surface area contributed by atoms with Crippen LogP contribution in [-0.4, -0.2) is 26.1 Å². The Hall–Kier alpha value is -1.76. The van der Waals surface area contributed by atoms with E-state index in [2.05, 4.69) is 5.32 Å². The van der Waals surface area contributed by atoms with Gasteiger partial charge in [0, 0.05) is 11.6 Å². The Balaban J connectivity index is 1.89. The number of sulfonamides is 1. The van der Waals surface area contributed by atoms with E-state index in [1.807, 2.05) is 6.92 Å². The number of carbonyl (C=O) groups excluding carboxylic acids is 1. The van der Waals surface area contributed by atoms with Crippen molar-refractivity contribution in [2.45, 2.75) is 26.3 Å². The highest BCUT2D eigenvalue weighted by molar-refractivity contribution is 7.92. The first-order valence-corrected chi connectivity index (χ1v) is 10.5. The highest BCUT2D eigenvalue weighted by atomic mass is 35.5. The van der Waals surface area contributed by atoms with E-state index in [9.17, 15) is 13.2 Å². The fourth-order valence-electron chi connectivity index (χ4n) is 3.10. The molecule has 1 atom stereocenters. The largest absolute Gasteiger partial charge is 0.321 e. The molecule has 2 aromatic carbocycles. The van der Waals surface area contributed by atoms with Gasteiger partial charge >= 0.3 is 0 Å². The summed E-state index contributed by atoms with van der Waals surface area (Å²) >= 11 is 12.1. The normalized spacial score (nSPS) is 16.5. The summed E-state index contributed by atoms with van der Waals surface area (Å²) in [7, 11) is -3.35. The maximum atomic E-state index is 12.5. The number of anilines is 2. The van der Waals surface area contributed by atoms with Gasteiger partial charge in [-0.1, -0.05) is 29.3 Å². The van der Waals surface area contributed by atoms with Gasteiger partial charge in [-0.15, -0.1) is 0 Å². The predicted molar refractivity (Wildman–Crippen MR) is 106 cm³/mol. The zero-order valence-electron chi connectivity index (χ0n) is 14.3. The first-order valence-electron chi connectivity index (χ1n) is 8.15. The smallest absolute Gasteiger partial charge is 0.255 e. The number of amides is 1. The number of nitrogens with zero attached hydrogens (tertiary/aromatic N) is 1. The van der Waals surface area contributed by atoms with Crippen LogP contribution in [0, 0.1) is 0 Å². The molecule has 0 aromatic heterocycles. The van der Waals surface area contributed by atoms with Crippen LogP contribution in [0.3, 0.4) is 0 Å². The van der Waals surface area contributed by atoms with Gasteiger partial charge in [-0.3, -0.25) is 9.10 Å². The number of hydrogen-bond acceptors (Lipinski definition) is 3. The highest BCUT2D eigenvalue weighted by Gasteiger charge is 2.34. The number of hydrogen-bond donors (Lipinski definition) is 1. The van der Waals surface area contributed by atoms with Crippen molar-refractivity contribution >= 4 is 50.5 Å². The maximum Gasteiger partial charge on any atom is 0.255 e. The molecule has 138 valence electrons. The molecule has 0 aliphatic carbocycles. The topological polar surface area (TPSA) is 66.5 Å². The first kappa shape index (κ1) is 19.0. The van der Waals surface area contributed by atoms with Crippen molar-refractivity contribution in [3.05, 3.63) is 57.6 Å². The van der Waals surface area contributed by atoms with E-state index < -0.39 is 10.0 Å². The van der Waals surface area contributed by atoms with Crippen LogP contribution in [0.5, 0.6) is 0 Å². The van der Waals surface area contributed by atoms with E-state index in [1.165, 1.54) is 4.31 Å². The van der Waals surface area contributed by atoms with Crippen molar-refractivity contribution in [3.8, 4) is 0 Å². The number of nitrogens with one attached hydrogen (secondary N) is 1. The molecular weight excluding hydrogens is 395 g/mol. The van der Waals surface area contributed by atoms with E-state index in [0.29, 0.717) is 28.4 Å². The molecule has 1 N–H and O–H groups in total. The van der Waals surface area contributed by atoms with Crippen LogP contribution in [0.25, 0.3) is 0 Å². The first-order chi connectivity index (χ1) is 12.2. The van der Waals surface area contributed by atoms with Gasteiger partial charge in [-0.25, -0.2) is 8.42 Å². The Labute approximate surface area is 163 Å². The summed E-state index contributed by atoms with van der Waals surface area (Å²) in [5.41, 5.74) is 2.33. The van der Waals surface area contributed by atoms with Gasteiger partial charge in [0.2, 0.25) is 10.0 Å². The standard InChI is InChI=1S/C18H18Cl2N2O3S/c1-3-26(24,25)22-11(2)9-13-10-12(7-8-16(13)22)18(23)21-15-6-4-5-14(19)17(15)20/h4-8,10-11H,3,9H2,1-2H3,(H,21,23)/t11-/m1/s1. The van der Waals surface area contributed by atoms with E-state index in [1.54, 1.807) is 43.3 Å². The van der Waals surface area contributed by atoms with Crippen LogP contribution < -0.4 is 9.62 Å². The van der Waals surface area contributed by atoms with E-state index in [0.717, 1.165) is 5.56 Å². The minimum Gasteiger partial charge on any atom is -0.321 e. The molecule has 26 heavy (non-hydrogen) atoms. The lowest BCUT2D eigenvalue weighted by Crippen LogP contribution is -2.36. The zero-order chi connectivity index (χ0) is 19.1. The third-order valence-electron chi connectivity index (χ3n) is 4.36. The molecule has 0 saturated heterocycles. The molecule has 5 nitrogen and oxygen atoms in total. The molecule has 8 heteroatoms. The molecule has 0 spiro atoms. The van der Waals surface area contributed by atoms with Gasteiger partial charge in [0.25, 0.3) is 5.91 Å². The zero-order valence-corrected chi connectivity index (χ0v) is 16.6. The molecule has 1 aliphatic heterocycles. The van der Waals surface area contributed by atoms with Crippen molar-refractivity contribution in [2.75, 3.05) is 15.4 Å². The fourth-order valence-corrected chi connectivity index (χ4v) is 4.83. The summed E-state index contributed by atoms with van der Waals surface area (Å²) in [4.78, 5) is 12.5. The van der Waals surface area contributed by atoms with Gasteiger partial charge in [0.1, 0.15) is 0 Å². The SMILES string of the molecule is CCS(=O)(=O)N1c2ccc(C(=O)Nc3cccc(Cl)c3Cl)cc2C[C@H]1C. The van der Waals surface area contributed by atoms with Gasteiger partial charge in [0.05, 0.1) is 27.2 Å². The molecule has 0 unspecified atom stereocenters. The van der Waals surface area contributed by atoms with Crippen LogP contribution in [0.4, 0.5) is 11.4 Å². The van der Waals surface area contributed by atoms with Crippen LogP contribution in [-0.2, 0) is 16.4 Å². The second-order valence-electron chi connectivity index (χ2n) is 6.15. The van der Waals surface area contributed by atoms with Crippen molar-refractivity contribution in [2.24, 2.45) is 0 Å². The van der Waals surface area contributed by atoms with Crippen molar-refractivity contribution in [1.82, 2.24) is 0 Å². The average Bonchev–Trinajstić information content (AvgIpc) is 2.94. The number of benzene rings is 2. The molecule has 1 amide bonds. The van der Waals surface area contributed by atoms with Crippen molar-refractivity contribution in [1.29, 1.82) is 0 Å². The van der Waals surface area contributed by atoms with Crippen LogP contribution >= 0.6 is 23.2 Å². The van der Waals surface area contributed by atoms with E-state index in [-0.39, 0.29) is 22.7 Å². The molecule has 0 fully saturated rings. The minimum absolute atomic E-state index is 0.0340. The average molecular weight is 413 g/mol. The molecule has 2 aromatic rings. The summed E-state index contributed by atoms with van der Waals surface area (Å²) in [6.45, 7) is 3.48. The lowest BCUT2D eigenvalue weighted by atomic mass is 10.1. The van der Waals surface area contributed by atoms with Gasteiger partial charge in [-0.05, 0) is 56.2 Å². The van der Waals surface area contributed by atoms with Crippen LogP contribution in [0.1, 0.15) is 29.8 Å². The van der Waals surface area contributed by atoms with Crippen LogP contribution in [0.15, 0.2) is 36.4 Å². The van der Waals surface area contributed by atoms with E-state index in [4.69, 9.17) is 23.2 Å². The van der Waals surface area contributed by atoms with Crippen molar-refractivity contribution in [3.63, 3.8) is 0 Å². The Kier molecular flexibility index (Phi) is 5.19. The minimum atomic E-state index is -3.35. The maximum absolute atomic E-state index is 12.5. The molecule has 1 aliphatic rings. The molecule has 0 bridgehead atoms. The summed E-state index contributed by atoms with van der Waals surface area (Å²) in [6.07, 6.45) is 0.563. The van der Waals surface area contributed by atoms with E-state index >= 15 is 0 Å². The quantitative estimate of drug-likeness (QED) is 0.811. The Bertz CT molecular complexity index is 976. The Morgan fingerprint density at radius 3 is 2.69 bits per heavy atom. The summed E-state index contributed by atoms with van der Waals surface area (Å²) in [5, 5.41) is 3.36. The molecule has 0 radical (unpaired) electrons. The fraction of sp³-hybridized carbons (Fsp3) is 0.278. The monoisotopic (exact) mass is 412 g/mol. The van der Waals surface area contributed by atoms with Crippen LogP contribution in [0.2, 0.25) is 10.0 Å². The lowest BCUT2D eigenvalue weighted by molar-refractivity contribution is 0.102. The third-order valence-corrected chi connectivity index (χ3v) is 7.06. The number of rotatable bonds is 4. The number of halogens is 2. The summed E-state index contributed by atoms with van der Waals surface area (Å²) < 4.78 is 26.1. The second kappa shape index (κ2) is 7.10.